The molecule has 0 radical (unpaired) electrons. The molecule has 1 aliphatic rings. The lowest BCUT2D eigenvalue weighted by molar-refractivity contribution is -0.145. The summed E-state index contributed by atoms with van der Waals surface area (Å²) in [5.41, 5.74) is -1.50. The number of carbonyl (C=O) groups excluding carboxylic acids is 1. The van der Waals surface area contributed by atoms with Crippen LogP contribution in [0.4, 0.5) is 13.2 Å². The second-order valence-corrected chi connectivity index (χ2v) is 5.01. The van der Waals surface area contributed by atoms with E-state index in [4.69, 9.17) is 4.74 Å². The minimum Gasteiger partial charge on any atom is -0.371 e. The molecule has 0 atom stereocenters. The van der Waals surface area contributed by atoms with Crippen LogP contribution in [-0.4, -0.2) is 12.4 Å². The number of alkyl halides is 3. The van der Waals surface area contributed by atoms with Gasteiger partial charge in [0.05, 0.1) is 11.2 Å². The van der Waals surface area contributed by atoms with Gasteiger partial charge in [-0.25, -0.2) is 0 Å². The van der Waals surface area contributed by atoms with Gasteiger partial charge in [-0.3, -0.25) is 4.79 Å². The highest BCUT2D eigenvalue weighted by molar-refractivity contribution is 5.79. The highest BCUT2D eigenvalue weighted by atomic mass is 19.4. The Balaban J connectivity index is 2.47. The molecule has 0 saturated heterocycles. The molecule has 1 aromatic carbocycles. The maximum atomic E-state index is 13.2. The monoisotopic (exact) mass is 286 g/mol. The fraction of sp³-hybridized carbons (Fsp3) is 0.533. The average Bonchev–Trinajstić information content (AvgIpc) is 2.41. The molecule has 0 bridgehead atoms. The number of carbonyl (C=O) groups is 1. The van der Waals surface area contributed by atoms with Gasteiger partial charge in [0, 0.05) is 19.4 Å². The van der Waals surface area contributed by atoms with Gasteiger partial charge in [0.15, 0.2) is 0 Å². The molecule has 0 unspecified atom stereocenters. The van der Waals surface area contributed by atoms with Crippen molar-refractivity contribution in [2.24, 2.45) is 0 Å². The molecule has 5 heteroatoms. The Bertz CT molecular complexity index is 484. The van der Waals surface area contributed by atoms with E-state index in [1.54, 1.807) is 13.0 Å². The van der Waals surface area contributed by atoms with E-state index in [0.29, 0.717) is 19.4 Å². The summed E-state index contributed by atoms with van der Waals surface area (Å²) in [4.78, 5) is 11.4. The Morgan fingerprint density at radius 3 is 2.35 bits per heavy atom. The third-order valence-electron chi connectivity index (χ3n) is 3.76. The predicted molar refractivity (Wildman–Crippen MR) is 68.2 cm³/mol. The van der Waals surface area contributed by atoms with Gasteiger partial charge in [0.1, 0.15) is 5.78 Å². The maximum Gasteiger partial charge on any atom is 0.416 e. The van der Waals surface area contributed by atoms with Crippen molar-refractivity contribution in [2.45, 2.75) is 44.4 Å². The van der Waals surface area contributed by atoms with Gasteiger partial charge in [-0.05, 0) is 31.4 Å². The first kappa shape index (κ1) is 15.0. The maximum absolute atomic E-state index is 13.2. The van der Waals surface area contributed by atoms with Crippen molar-refractivity contribution in [3.8, 4) is 0 Å². The summed E-state index contributed by atoms with van der Waals surface area (Å²) >= 11 is 0. The zero-order chi connectivity index (χ0) is 14.8. The molecule has 0 N–H and O–H groups in total. The molecule has 20 heavy (non-hydrogen) atoms. The summed E-state index contributed by atoms with van der Waals surface area (Å²) in [5.74, 6) is 0.0878. The molecule has 0 amide bonds. The summed E-state index contributed by atoms with van der Waals surface area (Å²) in [6.45, 7) is 2.08. The van der Waals surface area contributed by atoms with E-state index in [0.717, 1.165) is 6.07 Å². The minimum atomic E-state index is -4.41. The first-order valence-electron chi connectivity index (χ1n) is 6.71. The molecule has 1 aromatic rings. The van der Waals surface area contributed by atoms with Crippen LogP contribution in [0.3, 0.4) is 0 Å². The van der Waals surface area contributed by atoms with Crippen LogP contribution in [0.25, 0.3) is 0 Å². The first-order valence-corrected chi connectivity index (χ1v) is 6.71. The topological polar surface area (TPSA) is 26.3 Å². The van der Waals surface area contributed by atoms with E-state index in [1.807, 2.05) is 0 Å². The van der Waals surface area contributed by atoms with Gasteiger partial charge in [-0.15, -0.1) is 0 Å². The summed E-state index contributed by atoms with van der Waals surface area (Å²) in [6, 6.07) is 5.50. The van der Waals surface area contributed by atoms with Crippen LogP contribution < -0.4 is 0 Å². The van der Waals surface area contributed by atoms with Crippen LogP contribution in [0, 0.1) is 0 Å². The summed E-state index contributed by atoms with van der Waals surface area (Å²) in [7, 11) is 0. The molecular weight excluding hydrogens is 269 g/mol. The second-order valence-electron chi connectivity index (χ2n) is 5.01. The van der Waals surface area contributed by atoms with Crippen molar-refractivity contribution in [3.63, 3.8) is 0 Å². The van der Waals surface area contributed by atoms with Crippen molar-refractivity contribution < 1.29 is 22.7 Å². The van der Waals surface area contributed by atoms with Crippen molar-refractivity contribution in [1.29, 1.82) is 0 Å². The second kappa shape index (κ2) is 5.56. The molecule has 0 heterocycles. The Kier molecular flexibility index (Phi) is 4.18. The van der Waals surface area contributed by atoms with Crippen molar-refractivity contribution in [1.82, 2.24) is 0 Å². The molecule has 0 aliphatic heterocycles. The zero-order valence-electron chi connectivity index (χ0n) is 11.3. The third-order valence-corrected chi connectivity index (χ3v) is 3.76. The van der Waals surface area contributed by atoms with Gasteiger partial charge in [-0.2, -0.15) is 13.2 Å². The van der Waals surface area contributed by atoms with Crippen LogP contribution in [0.15, 0.2) is 24.3 Å². The fourth-order valence-electron chi connectivity index (χ4n) is 2.83. The smallest absolute Gasteiger partial charge is 0.371 e. The SMILES string of the molecule is CCOC1(c2ccccc2C(F)(F)F)CCC(=O)CC1. The Morgan fingerprint density at radius 1 is 1.20 bits per heavy atom. The average molecular weight is 286 g/mol. The lowest BCUT2D eigenvalue weighted by atomic mass is 9.77. The number of benzene rings is 1. The van der Waals surface area contributed by atoms with Crippen LogP contribution in [0.5, 0.6) is 0 Å². The standard InChI is InChI=1S/C15H17F3O2/c1-2-20-14(9-7-11(19)8-10-14)12-5-3-4-6-13(12)15(16,17)18/h3-6H,2,7-10H2,1H3. The molecule has 2 nitrogen and oxygen atoms in total. The van der Waals surface area contributed by atoms with E-state index < -0.39 is 17.3 Å². The number of ether oxygens (including phenoxy) is 1. The van der Waals surface area contributed by atoms with E-state index in [-0.39, 0.29) is 24.2 Å². The van der Waals surface area contributed by atoms with E-state index in [1.165, 1.54) is 12.1 Å². The highest BCUT2D eigenvalue weighted by Gasteiger charge is 2.43. The van der Waals surface area contributed by atoms with Gasteiger partial charge in [-0.1, -0.05) is 18.2 Å². The largest absolute Gasteiger partial charge is 0.416 e. The normalized spacial score (nSPS) is 19.1. The van der Waals surface area contributed by atoms with Gasteiger partial charge >= 0.3 is 6.18 Å². The molecular formula is C15H17F3O2. The molecule has 0 aromatic heterocycles. The van der Waals surface area contributed by atoms with Crippen LogP contribution in [0.1, 0.15) is 43.7 Å². The number of ketones is 1. The van der Waals surface area contributed by atoms with Crippen molar-refractivity contribution >= 4 is 5.78 Å². The Morgan fingerprint density at radius 2 is 1.80 bits per heavy atom. The van der Waals surface area contributed by atoms with Crippen LogP contribution in [0.2, 0.25) is 0 Å². The quantitative estimate of drug-likeness (QED) is 0.837. The lowest BCUT2D eigenvalue weighted by Crippen LogP contribution is -2.36. The van der Waals surface area contributed by atoms with Crippen molar-refractivity contribution in [2.75, 3.05) is 6.61 Å². The van der Waals surface area contributed by atoms with Gasteiger partial charge in [0.25, 0.3) is 0 Å². The predicted octanol–water partition coefficient (Wildman–Crippen LogP) is 4.08. The molecule has 110 valence electrons. The van der Waals surface area contributed by atoms with Crippen molar-refractivity contribution in [3.05, 3.63) is 35.4 Å². The molecule has 1 fully saturated rings. The van der Waals surface area contributed by atoms with Gasteiger partial charge < -0.3 is 4.74 Å². The first-order chi connectivity index (χ1) is 9.39. The zero-order valence-corrected chi connectivity index (χ0v) is 11.3. The van der Waals surface area contributed by atoms with E-state index >= 15 is 0 Å². The van der Waals surface area contributed by atoms with E-state index in [9.17, 15) is 18.0 Å². The lowest BCUT2D eigenvalue weighted by Gasteiger charge is -2.38. The van der Waals surface area contributed by atoms with Crippen LogP contribution >= 0.6 is 0 Å². The van der Waals surface area contributed by atoms with Crippen LogP contribution in [-0.2, 0) is 21.3 Å². The third kappa shape index (κ3) is 2.87. The fourth-order valence-corrected chi connectivity index (χ4v) is 2.83. The summed E-state index contributed by atoms with van der Waals surface area (Å²) in [5, 5.41) is 0. The number of hydrogen-bond acceptors (Lipinski definition) is 2. The molecule has 1 aliphatic carbocycles. The highest BCUT2D eigenvalue weighted by Crippen LogP contribution is 2.44. The Labute approximate surface area is 115 Å². The molecule has 1 saturated carbocycles. The number of rotatable bonds is 3. The minimum absolute atomic E-state index is 0.0878. The number of halogens is 3. The molecule has 0 spiro atoms. The van der Waals surface area contributed by atoms with Gasteiger partial charge in [0.2, 0.25) is 0 Å². The summed E-state index contributed by atoms with van der Waals surface area (Å²) in [6.07, 6.45) is -3.25. The summed E-state index contributed by atoms with van der Waals surface area (Å²) < 4.78 is 45.2. The number of hydrogen-bond donors (Lipinski definition) is 0. The number of Topliss-reactive ketones (excluding diaryl/α,β-unsaturated/α-hetero) is 1. The Hall–Kier alpha value is -1.36. The molecule has 2 rings (SSSR count). The van der Waals surface area contributed by atoms with E-state index in [2.05, 4.69) is 0 Å².